The molecule has 0 bridgehead atoms. The van der Waals surface area contributed by atoms with E-state index in [2.05, 4.69) is 26.6 Å². The first-order valence-electron chi connectivity index (χ1n) is 5.86. The number of urea groups is 1. The Balaban J connectivity index is 2.16. The average molecular weight is 359 g/mol. The Morgan fingerprint density at radius 3 is 2.05 bits per heavy atom. The lowest BCUT2D eigenvalue weighted by atomic mass is 10.1. The molecule has 21 heavy (non-hydrogen) atoms. The summed E-state index contributed by atoms with van der Waals surface area (Å²) in [4.78, 5) is 11.8. The smallest absolute Gasteiger partial charge is 0.307 e. The van der Waals surface area contributed by atoms with Gasteiger partial charge >= 0.3 is 12.2 Å². The summed E-state index contributed by atoms with van der Waals surface area (Å²) < 4.78 is 39.1. The molecule has 0 aliphatic carbocycles. The van der Waals surface area contributed by atoms with Crippen molar-refractivity contribution in [1.29, 1.82) is 0 Å². The number of amides is 2. The molecule has 0 heterocycles. The van der Waals surface area contributed by atoms with Gasteiger partial charge in [0.15, 0.2) is 0 Å². The van der Waals surface area contributed by atoms with Gasteiger partial charge in [-0.3, -0.25) is 0 Å². The van der Waals surface area contributed by atoms with Crippen LogP contribution in [0.4, 0.5) is 29.3 Å². The summed E-state index contributed by atoms with van der Waals surface area (Å²) in [6.45, 7) is 0. The number of alkyl halides is 3. The van der Waals surface area contributed by atoms with Crippen molar-refractivity contribution in [2.45, 2.75) is 6.18 Å². The molecule has 0 spiro atoms. The molecule has 0 unspecified atom stereocenters. The molecule has 2 aromatic rings. The van der Waals surface area contributed by atoms with Gasteiger partial charge in [-0.25, -0.2) is 4.79 Å². The van der Waals surface area contributed by atoms with Gasteiger partial charge < -0.3 is 10.6 Å². The number of hydrogen-bond donors (Lipinski definition) is 2. The minimum absolute atomic E-state index is 0.297. The summed E-state index contributed by atoms with van der Waals surface area (Å²) in [5.41, 5.74) is -0.735. The van der Waals surface area contributed by atoms with Crippen molar-refractivity contribution in [1.82, 2.24) is 0 Å². The molecule has 7 heteroatoms. The van der Waals surface area contributed by atoms with Crippen LogP contribution in [-0.2, 0) is 6.18 Å². The summed E-state index contributed by atoms with van der Waals surface area (Å²) in [5, 5.41) is 4.67. The Hall–Kier alpha value is -2.02. The fourth-order valence-electron chi connectivity index (χ4n) is 1.68. The van der Waals surface area contributed by atoms with Gasteiger partial charge in [0.25, 0.3) is 0 Å². The molecule has 0 aliphatic heterocycles. The van der Waals surface area contributed by atoms with Gasteiger partial charge in [-0.2, -0.15) is 13.2 Å². The van der Waals surface area contributed by atoms with Crippen molar-refractivity contribution in [3.63, 3.8) is 0 Å². The van der Waals surface area contributed by atoms with E-state index in [0.29, 0.717) is 10.2 Å². The van der Waals surface area contributed by atoms with Crippen molar-refractivity contribution in [2.75, 3.05) is 10.6 Å². The zero-order chi connectivity index (χ0) is 15.5. The summed E-state index contributed by atoms with van der Waals surface area (Å²) in [7, 11) is 0. The van der Waals surface area contributed by atoms with Gasteiger partial charge in [-0.05, 0) is 40.2 Å². The molecule has 2 rings (SSSR count). The van der Waals surface area contributed by atoms with Crippen LogP contribution in [0.5, 0.6) is 0 Å². The molecular formula is C14H10BrF3N2O. The van der Waals surface area contributed by atoms with E-state index in [1.54, 1.807) is 24.3 Å². The summed E-state index contributed by atoms with van der Waals surface area (Å²) in [6, 6.07) is 10.8. The Kier molecular flexibility index (Phi) is 4.52. The average Bonchev–Trinajstić information content (AvgIpc) is 2.41. The minimum Gasteiger partial charge on any atom is -0.307 e. The second kappa shape index (κ2) is 6.17. The number of benzene rings is 2. The third-order valence-corrected chi connectivity index (χ3v) is 3.29. The van der Waals surface area contributed by atoms with Crippen LogP contribution in [0.25, 0.3) is 0 Å². The van der Waals surface area contributed by atoms with Crippen LogP contribution in [0.3, 0.4) is 0 Å². The molecule has 3 nitrogen and oxygen atoms in total. The van der Waals surface area contributed by atoms with E-state index in [1.165, 1.54) is 18.2 Å². The third kappa shape index (κ3) is 3.98. The maximum atomic E-state index is 12.8. The van der Waals surface area contributed by atoms with Crippen molar-refractivity contribution < 1.29 is 18.0 Å². The Morgan fingerprint density at radius 1 is 0.905 bits per heavy atom. The zero-order valence-electron chi connectivity index (χ0n) is 10.5. The van der Waals surface area contributed by atoms with Crippen molar-refractivity contribution in [2.24, 2.45) is 0 Å². The number of carbonyl (C=O) groups is 1. The Bertz CT molecular complexity index is 659. The number of hydrogen-bond acceptors (Lipinski definition) is 1. The van der Waals surface area contributed by atoms with Gasteiger partial charge in [0.05, 0.1) is 16.9 Å². The summed E-state index contributed by atoms with van der Waals surface area (Å²) >= 11 is 3.23. The predicted octanol–water partition coefficient (Wildman–Crippen LogP) is 5.11. The van der Waals surface area contributed by atoms with Gasteiger partial charge in [-0.1, -0.05) is 24.3 Å². The lowest BCUT2D eigenvalue weighted by molar-refractivity contribution is -0.136. The molecule has 2 amide bonds. The number of carbonyl (C=O) groups excluding carboxylic acids is 1. The van der Waals surface area contributed by atoms with E-state index in [0.717, 1.165) is 6.07 Å². The summed E-state index contributed by atoms with van der Waals surface area (Å²) in [5.74, 6) is 0. The number of rotatable bonds is 2. The molecular weight excluding hydrogens is 349 g/mol. The molecule has 0 aromatic heterocycles. The second-order valence-corrected chi connectivity index (χ2v) is 4.96. The van der Waals surface area contributed by atoms with Gasteiger partial charge in [0.1, 0.15) is 0 Å². The first-order chi connectivity index (χ1) is 9.88. The normalized spacial score (nSPS) is 11.0. The predicted molar refractivity (Wildman–Crippen MR) is 78.2 cm³/mol. The van der Waals surface area contributed by atoms with Crippen LogP contribution in [0.2, 0.25) is 0 Å². The first-order valence-corrected chi connectivity index (χ1v) is 6.66. The number of halogens is 4. The van der Waals surface area contributed by atoms with Gasteiger partial charge in [0.2, 0.25) is 0 Å². The van der Waals surface area contributed by atoms with Crippen LogP contribution in [0.1, 0.15) is 5.56 Å². The maximum Gasteiger partial charge on any atom is 0.418 e. The molecule has 2 N–H and O–H groups in total. The maximum absolute atomic E-state index is 12.8. The molecule has 0 aliphatic rings. The van der Waals surface area contributed by atoms with E-state index >= 15 is 0 Å². The minimum atomic E-state index is -4.53. The molecule has 0 radical (unpaired) electrons. The monoisotopic (exact) mass is 358 g/mol. The van der Waals surface area contributed by atoms with Crippen LogP contribution < -0.4 is 10.6 Å². The molecule has 110 valence electrons. The molecule has 0 saturated heterocycles. The Morgan fingerprint density at radius 2 is 1.43 bits per heavy atom. The zero-order valence-corrected chi connectivity index (χ0v) is 12.1. The number of nitrogens with one attached hydrogen (secondary N) is 2. The largest absolute Gasteiger partial charge is 0.418 e. The highest BCUT2D eigenvalue weighted by Crippen LogP contribution is 2.34. The highest BCUT2D eigenvalue weighted by Gasteiger charge is 2.33. The Labute approximate surface area is 127 Å². The van der Waals surface area contributed by atoms with Crippen molar-refractivity contribution in [3.05, 3.63) is 58.6 Å². The van der Waals surface area contributed by atoms with E-state index in [4.69, 9.17) is 0 Å². The highest BCUT2D eigenvalue weighted by atomic mass is 79.9. The first kappa shape index (κ1) is 15.4. The molecule has 2 aromatic carbocycles. The highest BCUT2D eigenvalue weighted by molar-refractivity contribution is 9.10. The third-order valence-electron chi connectivity index (χ3n) is 2.60. The summed E-state index contributed by atoms with van der Waals surface area (Å²) in [6.07, 6.45) is -4.53. The topological polar surface area (TPSA) is 41.1 Å². The van der Waals surface area contributed by atoms with Crippen LogP contribution >= 0.6 is 15.9 Å². The van der Waals surface area contributed by atoms with Crippen molar-refractivity contribution in [3.8, 4) is 0 Å². The van der Waals surface area contributed by atoms with Gasteiger partial charge in [-0.15, -0.1) is 0 Å². The van der Waals surface area contributed by atoms with Crippen LogP contribution in [-0.4, -0.2) is 6.03 Å². The van der Waals surface area contributed by atoms with E-state index in [9.17, 15) is 18.0 Å². The lowest BCUT2D eigenvalue weighted by Crippen LogP contribution is -2.22. The molecule has 0 saturated carbocycles. The van der Waals surface area contributed by atoms with Crippen LogP contribution in [0.15, 0.2) is 53.0 Å². The van der Waals surface area contributed by atoms with E-state index < -0.39 is 17.8 Å². The van der Waals surface area contributed by atoms with E-state index in [-0.39, 0.29) is 5.69 Å². The van der Waals surface area contributed by atoms with E-state index in [1.807, 2.05) is 0 Å². The molecule has 0 fully saturated rings. The quantitative estimate of drug-likeness (QED) is 0.769. The van der Waals surface area contributed by atoms with Crippen molar-refractivity contribution >= 4 is 33.3 Å². The SMILES string of the molecule is O=C(Nc1ccccc1Br)Nc1ccccc1C(F)(F)F. The number of para-hydroxylation sites is 2. The second-order valence-electron chi connectivity index (χ2n) is 4.10. The standard InChI is InChI=1S/C14H10BrF3N2O/c15-10-6-2-4-8-12(10)20-13(21)19-11-7-3-1-5-9(11)14(16,17)18/h1-8H,(H2,19,20,21). The van der Waals surface area contributed by atoms with Gasteiger partial charge in [0, 0.05) is 4.47 Å². The lowest BCUT2D eigenvalue weighted by Gasteiger charge is -2.14. The van der Waals surface area contributed by atoms with Crippen LogP contribution in [0, 0.1) is 0 Å². The molecule has 0 atom stereocenters. The number of anilines is 2. The fraction of sp³-hybridized carbons (Fsp3) is 0.0714. The fourth-order valence-corrected chi connectivity index (χ4v) is 2.06.